The molecule has 0 unspecified atom stereocenters. The van der Waals surface area contributed by atoms with E-state index in [1.165, 1.54) is 0 Å². The predicted molar refractivity (Wildman–Crippen MR) is 94.4 cm³/mol. The van der Waals surface area contributed by atoms with Crippen molar-refractivity contribution in [1.82, 2.24) is 4.90 Å². The van der Waals surface area contributed by atoms with Crippen molar-refractivity contribution >= 4 is 61.6 Å². The summed E-state index contributed by atoms with van der Waals surface area (Å²) < 4.78 is 1.83. The molecule has 0 saturated carbocycles. The summed E-state index contributed by atoms with van der Waals surface area (Å²) in [6.45, 7) is 4.52. The van der Waals surface area contributed by atoms with Gasteiger partial charge in [-0.1, -0.05) is 12.2 Å². The zero-order chi connectivity index (χ0) is 14.6. The molecule has 0 aromatic heterocycles. The molecule has 1 aromatic rings. The molecule has 3 nitrogen and oxygen atoms in total. The van der Waals surface area contributed by atoms with Crippen molar-refractivity contribution in [3.8, 4) is 0 Å². The van der Waals surface area contributed by atoms with E-state index in [1.807, 2.05) is 32.0 Å². The molecule has 0 bridgehead atoms. The maximum Gasteiger partial charge on any atom is 0.255 e. The Morgan fingerprint density at radius 1 is 1.53 bits per heavy atom. The Morgan fingerprint density at radius 2 is 2.16 bits per heavy atom. The van der Waals surface area contributed by atoms with Crippen molar-refractivity contribution in [1.29, 1.82) is 0 Å². The predicted octanol–water partition coefficient (Wildman–Crippen LogP) is 3.58. The molecule has 0 atom stereocenters. The molecule has 0 fully saturated rings. The van der Waals surface area contributed by atoms with E-state index in [1.54, 1.807) is 4.90 Å². The molecule has 1 amide bonds. The topological polar surface area (TPSA) is 46.3 Å². The SMILES string of the molecule is CC(C)N(CCC(N)=S)C(=O)c1cc(I)ccc1Br. The highest BCUT2D eigenvalue weighted by atomic mass is 127. The summed E-state index contributed by atoms with van der Waals surface area (Å²) in [7, 11) is 0. The Labute approximate surface area is 141 Å². The van der Waals surface area contributed by atoms with E-state index in [-0.39, 0.29) is 11.9 Å². The molecule has 0 aliphatic carbocycles. The molecule has 104 valence electrons. The van der Waals surface area contributed by atoms with E-state index in [9.17, 15) is 4.79 Å². The minimum atomic E-state index is -0.00311. The summed E-state index contributed by atoms with van der Waals surface area (Å²) in [6.07, 6.45) is 0.542. The molecule has 0 radical (unpaired) electrons. The van der Waals surface area contributed by atoms with Gasteiger partial charge in [0.25, 0.3) is 5.91 Å². The first-order valence-electron chi connectivity index (χ1n) is 5.87. The minimum absolute atomic E-state index is 0.00311. The smallest absolute Gasteiger partial charge is 0.255 e. The second-order valence-electron chi connectivity index (χ2n) is 4.43. The summed E-state index contributed by atoms with van der Waals surface area (Å²) in [5, 5.41) is 0. The second-order valence-corrected chi connectivity index (χ2v) is 7.06. The van der Waals surface area contributed by atoms with Crippen molar-refractivity contribution in [2.45, 2.75) is 26.3 Å². The normalized spacial score (nSPS) is 10.6. The summed E-state index contributed by atoms with van der Waals surface area (Å²) in [6, 6.07) is 5.83. The third-order valence-corrected chi connectivity index (χ3v) is 4.21. The highest BCUT2D eigenvalue weighted by Gasteiger charge is 2.20. The maximum absolute atomic E-state index is 12.6. The Kier molecular flexibility index (Phi) is 6.68. The molecule has 0 aliphatic heterocycles. The van der Waals surface area contributed by atoms with Crippen molar-refractivity contribution in [3.05, 3.63) is 31.8 Å². The monoisotopic (exact) mass is 454 g/mol. The summed E-state index contributed by atoms with van der Waals surface area (Å²) in [5.74, 6) is -0.00311. The molecule has 0 spiro atoms. The fourth-order valence-corrected chi connectivity index (χ4v) is 2.64. The molecule has 2 N–H and O–H groups in total. The molecule has 6 heteroatoms. The van der Waals surface area contributed by atoms with Gasteiger partial charge in [0.1, 0.15) is 0 Å². The first-order chi connectivity index (χ1) is 8.82. The van der Waals surface area contributed by atoms with Gasteiger partial charge in [-0.15, -0.1) is 0 Å². The summed E-state index contributed by atoms with van der Waals surface area (Å²) in [5.41, 5.74) is 6.19. The maximum atomic E-state index is 12.6. The van der Waals surface area contributed by atoms with Crippen LogP contribution in [0, 0.1) is 3.57 Å². The van der Waals surface area contributed by atoms with E-state index >= 15 is 0 Å². The highest BCUT2D eigenvalue weighted by molar-refractivity contribution is 14.1. The van der Waals surface area contributed by atoms with E-state index in [0.29, 0.717) is 23.5 Å². The molecular weight excluding hydrogens is 439 g/mol. The third kappa shape index (κ3) is 5.00. The van der Waals surface area contributed by atoms with Gasteiger partial charge in [0.05, 0.1) is 10.6 Å². The average Bonchev–Trinajstić information content (AvgIpc) is 2.31. The van der Waals surface area contributed by atoms with Gasteiger partial charge in [-0.3, -0.25) is 4.79 Å². The van der Waals surface area contributed by atoms with Gasteiger partial charge in [0, 0.05) is 27.1 Å². The van der Waals surface area contributed by atoms with Crippen LogP contribution in [0.2, 0.25) is 0 Å². The van der Waals surface area contributed by atoms with Gasteiger partial charge in [0.15, 0.2) is 0 Å². The van der Waals surface area contributed by atoms with Gasteiger partial charge < -0.3 is 10.6 Å². The standard InChI is InChI=1S/C13H16BrIN2OS/c1-8(2)17(6-5-12(16)19)13(18)10-7-9(15)3-4-11(10)14/h3-4,7-8H,5-6H2,1-2H3,(H2,16,19). The van der Waals surface area contributed by atoms with Crippen LogP contribution in [0.4, 0.5) is 0 Å². The summed E-state index contributed by atoms with van der Waals surface area (Å²) >= 11 is 10.5. The molecule has 0 saturated heterocycles. The van der Waals surface area contributed by atoms with Crippen LogP contribution in [0.15, 0.2) is 22.7 Å². The lowest BCUT2D eigenvalue weighted by atomic mass is 10.1. The second kappa shape index (κ2) is 7.54. The van der Waals surface area contributed by atoms with Crippen LogP contribution < -0.4 is 5.73 Å². The van der Waals surface area contributed by atoms with E-state index in [4.69, 9.17) is 18.0 Å². The third-order valence-electron chi connectivity index (χ3n) is 2.64. The lowest BCUT2D eigenvalue weighted by Gasteiger charge is -2.27. The number of halogens is 2. The quantitative estimate of drug-likeness (QED) is 0.546. The van der Waals surface area contributed by atoms with Crippen LogP contribution in [0.3, 0.4) is 0 Å². The Bertz CT molecular complexity index is 494. The number of nitrogens with zero attached hydrogens (tertiary/aromatic N) is 1. The fourth-order valence-electron chi connectivity index (χ4n) is 1.64. The Morgan fingerprint density at radius 3 is 2.68 bits per heavy atom. The van der Waals surface area contributed by atoms with Gasteiger partial charge in [-0.25, -0.2) is 0 Å². The number of hydrogen-bond donors (Lipinski definition) is 1. The van der Waals surface area contributed by atoms with Gasteiger partial charge in [0.2, 0.25) is 0 Å². The number of rotatable bonds is 5. The van der Waals surface area contributed by atoms with Crippen LogP contribution in [0.5, 0.6) is 0 Å². The van der Waals surface area contributed by atoms with Gasteiger partial charge >= 0.3 is 0 Å². The number of carbonyl (C=O) groups is 1. The minimum Gasteiger partial charge on any atom is -0.393 e. The van der Waals surface area contributed by atoms with Crippen LogP contribution in [0.1, 0.15) is 30.6 Å². The summed E-state index contributed by atoms with van der Waals surface area (Å²) in [4.78, 5) is 14.8. The van der Waals surface area contributed by atoms with Crippen LogP contribution in [-0.2, 0) is 0 Å². The van der Waals surface area contributed by atoms with E-state index in [2.05, 4.69) is 38.5 Å². The number of thiocarbonyl (C=S) groups is 1. The first-order valence-corrected chi connectivity index (χ1v) is 8.15. The number of amides is 1. The number of nitrogens with two attached hydrogens (primary N) is 1. The number of hydrogen-bond acceptors (Lipinski definition) is 2. The van der Waals surface area contributed by atoms with Crippen LogP contribution in [-0.4, -0.2) is 28.4 Å². The lowest BCUT2D eigenvalue weighted by Crippen LogP contribution is -2.39. The fraction of sp³-hybridized carbons (Fsp3) is 0.385. The molecule has 0 heterocycles. The van der Waals surface area contributed by atoms with Crippen LogP contribution >= 0.6 is 50.7 Å². The largest absolute Gasteiger partial charge is 0.393 e. The zero-order valence-electron chi connectivity index (χ0n) is 10.8. The lowest BCUT2D eigenvalue weighted by molar-refractivity contribution is 0.0710. The molecule has 1 aromatic carbocycles. The Balaban J connectivity index is 2.99. The van der Waals surface area contributed by atoms with Gasteiger partial charge in [-0.05, 0) is 70.6 Å². The van der Waals surface area contributed by atoms with E-state index < -0.39 is 0 Å². The molecular formula is C13H16BrIN2OS. The molecule has 0 aliphatic rings. The number of benzene rings is 1. The first kappa shape index (κ1) is 16.8. The highest BCUT2D eigenvalue weighted by Crippen LogP contribution is 2.22. The molecule has 1 rings (SSSR count). The van der Waals surface area contributed by atoms with Crippen molar-refractivity contribution < 1.29 is 4.79 Å². The molecule has 19 heavy (non-hydrogen) atoms. The number of carbonyl (C=O) groups excluding carboxylic acids is 1. The Hall–Kier alpha value is -0.210. The zero-order valence-corrected chi connectivity index (χ0v) is 15.4. The van der Waals surface area contributed by atoms with Gasteiger partial charge in [-0.2, -0.15) is 0 Å². The van der Waals surface area contributed by atoms with Crippen molar-refractivity contribution in [3.63, 3.8) is 0 Å². The average molecular weight is 455 g/mol. The van der Waals surface area contributed by atoms with E-state index in [0.717, 1.165) is 8.04 Å². The van der Waals surface area contributed by atoms with Crippen LogP contribution in [0.25, 0.3) is 0 Å². The van der Waals surface area contributed by atoms with Crippen molar-refractivity contribution in [2.75, 3.05) is 6.54 Å². The van der Waals surface area contributed by atoms with Crippen molar-refractivity contribution in [2.24, 2.45) is 5.73 Å².